The lowest BCUT2D eigenvalue weighted by Gasteiger charge is -2.14. The highest BCUT2D eigenvalue weighted by atomic mass is 32.2. The number of anilines is 1. The molecule has 3 rings (SSSR count). The maximum absolute atomic E-state index is 12.8. The van der Waals surface area contributed by atoms with Crippen LogP contribution in [0, 0.1) is 6.92 Å². The SMILES string of the molecule is COCCOc1ccc(S(=O)(=O)Nc2ccccc2-n2cncn2)cc1C. The second-order valence-electron chi connectivity index (χ2n) is 5.73. The highest BCUT2D eigenvalue weighted by Crippen LogP contribution is 2.26. The molecule has 0 aliphatic carbocycles. The summed E-state index contributed by atoms with van der Waals surface area (Å²) in [6.07, 6.45) is 2.89. The lowest BCUT2D eigenvalue weighted by atomic mass is 10.2. The molecule has 0 saturated carbocycles. The third kappa shape index (κ3) is 4.44. The number of rotatable bonds is 8. The Morgan fingerprint density at radius 3 is 2.67 bits per heavy atom. The highest BCUT2D eigenvalue weighted by Gasteiger charge is 2.18. The van der Waals surface area contributed by atoms with Crippen molar-refractivity contribution >= 4 is 15.7 Å². The molecule has 0 aliphatic rings. The quantitative estimate of drug-likeness (QED) is 0.596. The van der Waals surface area contributed by atoms with Crippen LogP contribution in [-0.2, 0) is 14.8 Å². The second-order valence-corrected chi connectivity index (χ2v) is 7.41. The first-order valence-electron chi connectivity index (χ1n) is 8.20. The van der Waals surface area contributed by atoms with E-state index < -0.39 is 10.0 Å². The number of benzene rings is 2. The van der Waals surface area contributed by atoms with Gasteiger partial charge in [0.2, 0.25) is 0 Å². The second kappa shape index (κ2) is 8.19. The molecule has 0 atom stereocenters. The van der Waals surface area contributed by atoms with Gasteiger partial charge in [-0.3, -0.25) is 4.72 Å². The summed E-state index contributed by atoms with van der Waals surface area (Å²) in [4.78, 5) is 4.04. The first-order chi connectivity index (χ1) is 13.0. The summed E-state index contributed by atoms with van der Waals surface area (Å²) in [6.45, 7) is 2.65. The number of nitrogens with one attached hydrogen (secondary N) is 1. The summed E-state index contributed by atoms with van der Waals surface area (Å²) in [5.41, 5.74) is 1.70. The molecule has 0 unspecified atom stereocenters. The van der Waals surface area contributed by atoms with Crippen LogP contribution >= 0.6 is 0 Å². The molecule has 2 aromatic carbocycles. The van der Waals surface area contributed by atoms with Crippen LogP contribution in [0.5, 0.6) is 5.75 Å². The van der Waals surface area contributed by atoms with Crippen molar-refractivity contribution in [3.05, 3.63) is 60.7 Å². The summed E-state index contributed by atoms with van der Waals surface area (Å²) in [7, 11) is -2.19. The Bertz CT molecular complexity index is 1000. The van der Waals surface area contributed by atoms with Gasteiger partial charge in [0.15, 0.2) is 0 Å². The molecule has 1 heterocycles. The van der Waals surface area contributed by atoms with E-state index in [9.17, 15) is 8.42 Å². The Labute approximate surface area is 157 Å². The third-order valence-corrected chi connectivity index (χ3v) is 5.18. The van der Waals surface area contributed by atoms with Crippen molar-refractivity contribution in [3.8, 4) is 11.4 Å². The van der Waals surface area contributed by atoms with Gasteiger partial charge in [0.1, 0.15) is 25.0 Å². The Morgan fingerprint density at radius 2 is 1.96 bits per heavy atom. The van der Waals surface area contributed by atoms with E-state index in [0.717, 1.165) is 5.56 Å². The topological polar surface area (TPSA) is 95.3 Å². The van der Waals surface area contributed by atoms with Crippen molar-refractivity contribution in [2.75, 3.05) is 25.0 Å². The standard InChI is InChI=1S/C18H20N4O4S/c1-14-11-15(7-8-18(14)26-10-9-25-2)27(23,24)21-16-5-3-4-6-17(16)22-13-19-12-20-22/h3-8,11-13,21H,9-10H2,1-2H3. The van der Waals surface area contributed by atoms with Gasteiger partial charge in [0, 0.05) is 7.11 Å². The van der Waals surface area contributed by atoms with Crippen LogP contribution in [0.15, 0.2) is 60.0 Å². The maximum Gasteiger partial charge on any atom is 0.261 e. The van der Waals surface area contributed by atoms with Gasteiger partial charge in [0.05, 0.1) is 22.9 Å². The van der Waals surface area contributed by atoms with Gasteiger partial charge in [-0.05, 0) is 42.8 Å². The first-order valence-corrected chi connectivity index (χ1v) is 9.69. The van der Waals surface area contributed by atoms with Crippen LogP contribution < -0.4 is 9.46 Å². The molecule has 0 saturated heterocycles. The summed E-state index contributed by atoms with van der Waals surface area (Å²) in [5, 5.41) is 4.06. The Balaban J connectivity index is 1.85. The molecule has 0 fully saturated rings. The number of aryl methyl sites for hydroxylation is 1. The van der Waals surface area contributed by atoms with E-state index in [1.807, 2.05) is 0 Å². The molecule has 8 nitrogen and oxygen atoms in total. The zero-order chi connectivity index (χ0) is 19.3. The molecule has 0 radical (unpaired) electrons. The van der Waals surface area contributed by atoms with Crippen LogP contribution in [-0.4, -0.2) is 43.5 Å². The lowest BCUT2D eigenvalue weighted by Crippen LogP contribution is -2.15. The Morgan fingerprint density at radius 1 is 1.15 bits per heavy atom. The first kappa shape index (κ1) is 18.9. The highest BCUT2D eigenvalue weighted by molar-refractivity contribution is 7.92. The summed E-state index contributed by atoms with van der Waals surface area (Å²) in [6, 6.07) is 11.7. The van der Waals surface area contributed by atoms with E-state index in [-0.39, 0.29) is 4.90 Å². The molecular weight excluding hydrogens is 368 g/mol. The normalized spacial score (nSPS) is 11.3. The summed E-state index contributed by atoms with van der Waals surface area (Å²) < 4.78 is 40.3. The summed E-state index contributed by atoms with van der Waals surface area (Å²) in [5.74, 6) is 0.619. The fraction of sp³-hybridized carbons (Fsp3) is 0.222. The van der Waals surface area contributed by atoms with Crippen LogP contribution in [0.4, 0.5) is 5.69 Å². The van der Waals surface area contributed by atoms with Gasteiger partial charge in [-0.2, -0.15) is 5.10 Å². The van der Waals surface area contributed by atoms with Crippen LogP contribution in [0.1, 0.15) is 5.56 Å². The fourth-order valence-electron chi connectivity index (χ4n) is 2.48. The number of ether oxygens (including phenoxy) is 2. The van der Waals surface area contributed by atoms with E-state index in [4.69, 9.17) is 9.47 Å². The number of nitrogens with zero attached hydrogens (tertiary/aromatic N) is 3. The molecule has 9 heteroatoms. The fourth-order valence-corrected chi connectivity index (χ4v) is 3.64. The molecule has 0 bridgehead atoms. The number of sulfonamides is 1. The van der Waals surface area contributed by atoms with E-state index in [2.05, 4.69) is 14.8 Å². The van der Waals surface area contributed by atoms with Crippen molar-refractivity contribution in [1.29, 1.82) is 0 Å². The molecule has 142 valence electrons. The molecule has 0 amide bonds. The number of aromatic nitrogens is 3. The minimum atomic E-state index is -3.78. The van der Waals surface area contributed by atoms with Crippen molar-refractivity contribution in [2.24, 2.45) is 0 Å². The molecule has 1 aromatic heterocycles. The van der Waals surface area contributed by atoms with E-state index in [0.29, 0.717) is 30.3 Å². The number of para-hydroxylation sites is 2. The van der Waals surface area contributed by atoms with Crippen molar-refractivity contribution in [3.63, 3.8) is 0 Å². The van der Waals surface area contributed by atoms with Gasteiger partial charge >= 0.3 is 0 Å². The van der Waals surface area contributed by atoms with Gasteiger partial charge in [-0.15, -0.1) is 0 Å². The zero-order valence-corrected chi connectivity index (χ0v) is 15.8. The van der Waals surface area contributed by atoms with Gasteiger partial charge in [-0.1, -0.05) is 12.1 Å². The molecule has 0 aliphatic heterocycles. The molecule has 27 heavy (non-hydrogen) atoms. The average Bonchev–Trinajstić information content (AvgIpc) is 3.18. The van der Waals surface area contributed by atoms with Crippen LogP contribution in [0.2, 0.25) is 0 Å². The predicted octanol–water partition coefficient (Wildman–Crippen LogP) is 2.40. The minimum absolute atomic E-state index is 0.146. The molecular formula is C18H20N4O4S. The zero-order valence-electron chi connectivity index (χ0n) is 15.0. The maximum atomic E-state index is 12.8. The average molecular weight is 388 g/mol. The Hall–Kier alpha value is -2.91. The van der Waals surface area contributed by atoms with E-state index in [1.165, 1.54) is 23.4 Å². The largest absolute Gasteiger partial charge is 0.491 e. The van der Waals surface area contributed by atoms with Crippen molar-refractivity contribution in [2.45, 2.75) is 11.8 Å². The van der Waals surface area contributed by atoms with Gasteiger partial charge in [0.25, 0.3) is 10.0 Å². The smallest absolute Gasteiger partial charge is 0.261 e. The number of methoxy groups -OCH3 is 1. The van der Waals surface area contributed by atoms with Gasteiger partial charge in [-0.25, -0.2) is 18.1 Å². The molecule has 1 N–H and O–H groups in total. The van der Waals surface area contributed by atoms with Crippen LogP contribution in [0.3, 0.4) is 0 Å². The summed E-state index contributed by atoms with van der Waals surface area (Å²) >= 11 is 0. The van der Waals surface area contributed by atoms with E-state index in [1.54, 1.807) is 50.4 Å². The van der Waals surface area contributed by atoms with Crippen molar-refractivity contribution < 1.29 is 17.9 Å². The molecule has 3 aromatic rings. The number of hydrogen-bond donors (Lipinski definition) is 1. The minimum Gasteiger partial charge on any atom is -0.491 e. The lowest BCUT2D eigenvalue weighted by molar-refractivity contribution is 0.146. The Kier molecular flexibility index (Phi) is 5.72. The van der Waals surface area contributed by atoms with E-state index >= 15 is 0 Å². The number of hydrogen-bond acceptors (Lipinski definition) is 6. The third-order valence-electron chi connectivity index (χ3n) is 3.82. The van der Waals surface area contributed by atoms with Gasteiger partial charge < -0.3 is 9.47 Å². The molecule has 0 spiro atoms. The monoisotopic (exact) mass is 388 g/mol. The predicted molar refractivity (Wildman–Crippen MR) is 101 cm³/mol. The van der Waals surface area contributed by atoms with Crippen LogP contribution in [0.25, 0.3) is 5.69 Å². The van der Waals surface area contributed by atoms with Crippen molar-refractivity contribution in [1.82, 2.24) is 14.8 Å².